The highest BCUT2D eigenvalue weighted by molar-refractivity contribution is 5.97. The Morgan fingerprint density at radius 1 is 1.45 bits per heavy atom. The van der Waals surface area contributed by atoms with Crippen molar-refractivity contribution in [1.82, 2.24) is 0 Å². The molecule has 1 unspecified atom stereocenters. The molecular weight excluding hydrogens is 134 g/mol. The molecule has 58 valence electrons. The zero-order valence-corrected chi connectivity index (χ0v) is 6.66. The van der Waals surface area contributed by atoms with Crippen LogP contribution >= 0.6 is 0 Å². The lowest BCUT2D eigenvalue weighted by atomic mass is 10.2. The lowest BCUT2D eigenvalue weighted by molar-refractivity contribution is 0.850. The molecule has 0 aliphatic carbocycles. The van der Waals surface area contributed by atoms with Gasteiger partial charge in [-0.3, -0.25) is 4.99 Å². The molecule has 0 bridgehead atoms. The summed E-state index contributed by atoms with van der Waals surface area (Å²) in [5.74, 6) is 0. The van der Waals surface area contributed by atoms with Crippen molar-refractivity contribution >= 4 is 5.71 Å². The first-order valence-corrected chi connectivity index (χ1v) is 3.83. The maximum absolute atomic E-state index is 4.43. The molecule has 0 aromatic carbocycles. The molecule has 11 heavy (non-hydrogen) atoms. The van der Waals surface area contributed by atoms with Gasteiger partial charge in [0.1, 0.15) is 0 Å². The van der Waals surface area contributed by atoms with Gasteiger partial charge in [0.15, 0.2) is 0 Å². The molecule has 1 rings (SSSR count). The maximum atomic E-state index is 4.43. The first-order valence-electron chi connectivity index (χ1n) is 3.83. The van der Waals surface area contributed by atoms with E-state index in [4.69, 9.17) is 0 Å². The number of aliphatic imine (C=N–C) groups is 1. The highest BCUT2D eigenvalue weighted by Crippen LogP contribution is 2.10. The first kappa shape index (κ1) is 7.99. The quantitative estimate of drug-likeness (QED) is 0.542. The summed E-state index contributed by atoms with van der Waals surface area (Å²) < 4.78 is 0. The summed E-state index contributed by atoms with van der Waals surface area (Å²) in [6.45, 7) is 7.33. The van der Waals surface area contributed by atoms with Gasteiger partial charge in [-0.25, -0.2) is 0 Å². The number of nitrogens with zero attached hydrogens (tertiary/aromatic N) is 1. The molecule has 0 spiro atoms. The Morgan fingerprint density at radius 3 is 2.91 bits per heavy atom. The summed E-state index contributed by atoms with van der Waals surface area (Å²) in [5.41, 5.74) is 1.13. The summed E-state index contributed by atoms with van der Waals surface area (Å²) in [6, 6.07) is 0.336. The largest absolute Gasteiger partial charge is 0.282 e. The minimum atomic E-state index is 0.336. The molecule has 1 heteroatoms. The molecule has 0 aromatic heterocycles. The van der Waals surface area contributed by atoms with Gasteiger partial charge in [-0.05, 0) is 12.5 Å². The Labute approximate surface area is 67.8 Å². The Hall–Kier alpha value is -1.11. The molecule has 0 saturated carbocycles. The van der Waals surface area contributed by atoms with Crippen molar-refractivity contribution in [3.8, 4) is 0 Å². The topological polar surface area (TPSA) is 12.4 Å². The van der Waals surface area contributed by atoms with Gasteiger partial charge in [0.25, 0.3) is 0 Å². The van der Waals surface area contributed by atoms with Crippen molar-refractivity contribution in [2.45, 2.75) is 18.9 Å². The van der Waals surface area contributed by atoms with Crippen molar-refractivity contribution in [2.75, 3.05) is 0 Å². The highest BCUT2D eigenvalue weighted by Gasteiger charge is 2.06. The van der Waals surface area contributed by atoms with E-state index in [0.717, 1.165) is 18.6 Å². The van der Waals surface area contributed by atoms with Gasteiger partial charge in [-0.1, -0.05) is 18.2 Å². The van der Waals surface area contributed by atoms with E-state index < -0.39 is 0 Å². The monoisotopic (exact) mass is 147 g/mol. The number of rotatable bonds is 4. The number of hydrogen-bond acceptors (Lipinski definition) is 1. The Morgan fingerprint density at radius 2 is 2.27 bits per heavy atom. The van der Waals surface area contributed by atoms with Gasteiger partial charge >= 0.3 is 0 Å². The molecule has 1 heterocycles. The van der Waals surface area contributed by atoms with Crippen molar-refractivity contribution in [3.63, 3.8) is 0 Å². The predicted octanol–water partition coefficient (Wildman–Crippen LogP) is 2.52. The van der Waals surface area contributed by atoms with Crippen molar-refractivity contribution in [3.05, 3.63) is 37.5 Å². The molecule has 0 radical (unpaired) electrons. The standard InChI is InChI=1S/C10H13N/c1-3-5-9-7-8-10(11-9)6-4-2/h3-4,7-9H,1-2,5-6H2. The lowest BCUT2D eigenvalue weighted by Crippen LogP contribution is -1.94. The van der Waals surface area contributed by atoms with Gasteiger partial charge in [0, 0.05) is 12.1 Å². The molecule has 1 atom stereocenters. The van der Waals surface area contributed by atoms with Gasteiger partial charge in [-0.15, -0.1) is 13.2 Å². The molecular formula is C10H13N. The van der Waals surface area contributed by atoms with Crippen LogP contribution in [0.5, 0.6) is 0 Å². The zero-order valence-electron chi connectivity index (χ0n) is 6.66. The Bertz CT molecular complexity index is 211. The predicted molar refractivity (Wildman–Crippen MR) is 50.0 cm³/mol. The Balaban J connectivity index is 2.48. The lowest BCUT2D eigenvalue weighted by Gasteiger charge is -1.97. The van der Waals surface area contributed by atoms with Crippen LogP contribution in [-0.4, -0.2) is 11.8 Å². The van der Waals surface area contributed by atoms with E-state index in [2.05, 4.69) is 30.3 Å². The minimum absolute atomic E-state index is 0.336. The van der Waals surface area contributed by atoms with E-state index in [1.165, 1.54) is 0 Å². The van der Waals surface area contributed by atoms with Crippen LogP contribution in [0.2, 0.25) is 0 Å². The smallest absolute Gasteiger partial charge is 0.0721 e. The van der Waals surface area contributed by atoms with E-state index in [0.29, 0.717) is 6.04 Å². The van der Waals surface area contributed by atoms with Gasteiger partial charge in [0.05, 0.1) is 6.04 Å². The van der Waals surface area contributed by atoms with Gasteiger partial charge in [0.2, 0.25) is 0 Å². The van der Waals surface area contributed by atoms with Crippen LogP contribution in [0.3, 0.4) is 0 Å². The fourth-order valence-electron chi connectivity index (χ4n) is 1.09. The minimum Gasteiger partial charge on any atom is -0.282 e. The average Bonchev–Trinajstić information content (AvgIpc) is 2.38. The van der Waals surface area contributed by atoms with Crippen LogP contribution in [0.1, 0.15) is 12.8 Å². The highest BCUT2D eigenvalue weighted by atomic mass is 14.8. The summed E-state index contributed by atoms with van der Waals surface area (Å²) in [4.78, 5) is 4.43. The molecule has 1 aliphatic heterocycles. The van der Waals surface area contributed by atoms with E-state index in [1.807, 2.05) is 12.2 Å². The van der Waals surface area contributed by atoms with Crippen molar-refractivity contribution < 1.29 is 0 Å². The second kappa shape index (κ2) is 3.91. The summed E-state index contributed by atoms with van der Waals surface area (Å²) in [5, 5.41) is 0. The third kappa shape index (κ3) is 2.19. The van der Waals surface area contributed by atoms with E-state index in [-0.39, 0.29) is 0 Å². The van der Waals surface area contributed by atoms with Crippen LogP contribution in [0.15, 0.2) is 42.5 Å². The molecule has 1 nitrogen and oxygen atoms in total. The number of allylic oxidation sites excluding steroid dienone is 2. The molecule has 0 aromatic rings. The first-order chi connectivity index (χ1) is 5.36. The number of hydrogen-bond donors (Lipinski definition) is 0. The molecule has 0 N–H and O–H groups in total. The van der Waals surface area contributed by atoms with Crippen LogP contribution in [0.4, 0.5) is 0 Å². The Kier molecular flexibility index (Phi) is 2.84. The zero-order chi connectivity index (χ0) is 8.10. The molecule has 0 saturated heterocycles. The fraction of sp³-hybridized carbons (Fsp3) is 0.300. The second-order valence-corrected chi connectivity index (χ2v) is 2.56. The SMILES string of the molecule is C=CCC1=NC(CC=C)C=C1. The van der Waals surface area contributed by atoms with Crippen molar-refractivity contribution in [1.29, 1.82) is 0 Å². The van der Waals surface area contributed by atoms with Crippen LogP contribution < -0.4 is 0 Å². The van der Waals surface area contributed by atoms with Crippen LogP contribution in [-0.2, 0) is 0 Å². The van der Waals surface area contributed by atoms with Gasteiger partial charge < -0.3 is 0 Å². The average molecular weight is 147 g/mol. The van der Waals surface area contributed by atoms with E-state index in [1.54, 1.807) is 0 Å². The maximum Gasteiger partial charge on any atom is 0.0721 e. The third-order valence-corrected chi connectivity index (χ3v) is 1.60. The van der Waals surface area contributed by atoms with Gasteiger partial charge in [-0.2, -0.15) is 0 Å². The second-order valence-electron chi connectivity index (χ2n) is 2.56. The third-order valence-electron chi connectivity index (χ3n) is 1.60. The molecule has 1 aliphatic rings. The van der Waals surface area contributed by atoms with Crippen LogP contribution in [0, 0.1) is 0 Å². The fourth-order valence-corrected chi connectivity index (χ4v) is 1.09. The van der Waals surface area contributed by atoms with Crippen molar-refractivity contribution in [2.24, 2.45) is 4.99 Å². The summed E-state index contributed by atoms with van der Waals surface area (Å²) in [6.07, 6.45) is 9.77. The molecule has 0 fully saturated rings. The normalized spacial score (nSPS) is 21.5. The summed E-state index contributed by atoms with van der Waals surface area (Å²) >= 11 is 0. The van der Waals surface area contributed by atoms with E-state index in [9.17, 15) is 0 Å². The van der Waals surface area contributed by atoms with E-state index >= 15 is 0 Å². The molecule has 0 amide bonds. The summed E-state index contributed by atoms with van der Waals surface area (Å²) in [7, 11) is 0. The van der Waals surface area contributed by atoms with Crippen LogP contribution in [0.25, 0.3) is 0 Å².